The Morgan fingerprint density at radius 2 is 1.02 bits per heavy atom. The van der Waals surface area contributed by atoms with Gasteiger partial charge in [-0.1, -0.05) is 13.8 Å². The van der Waals surface area contributed by atoms with Crippen LogP contribution in [-0.4, -0.2) is 46.3 Å². The van der Waals surface area contributed by atoms with E-state index in [1.807, 2.05) is 13.8 Å². The molecule has 0 aromatic carbocycles. The molecule has 0 aromatic rings. The van der Waals surface area contributed by atoms with Gasteiger partial charge in [-0.15, -0.1) is 0 Å². The number of hydrogen-bond donors (Lipinski definition) is 0. The van der Waals surface area contributed by atoms with Crippen molar-refractivity contribution in [1.82, 2.24) is 0 Å². The zero-order valence-corrected chi connectivity index (χ0v) is 26.9. The van der Waals surface area contributed by atoms with Crippen LogP contribution >= 0.6 is 0 Å². The van der Waals surface area contributed by atoms with E-state index in [1.165, 1.54) is 0 Å². The molecule has 10 fully saturated rings. The van der Waals surface area contributed by atoms with Gasteiger partial charge < -0.3 is 0 Å². The molecular weight excluding hydrogens is 581 g/mol. The molecule has 10 aliphatic rings. The van der Waals surface area contributed by atoms with Crippen molar-refractivity contribution in [2.45, 2.75) is 120 Å². The fraction of sp³-hybridized carbons (Fsp3) is 0.935. The lowest BCUT2D eigenvalue weighted by molar-refractivity contribution is -0.128. The lowest BCUT2D eigenvalue weighted by atomic mass is 9.56. The summed E-state index contributed by atoms with van der Waals surface area (Å²) in [6.07, 6.45) is 9.39. The van der Waals surface area contributed by atoms with Gasteiger partial charge in [0.05, 0.1) is 29.5 Å². The summed E-state index contributed by atoms with van der Waals surface area (Å²) in [6, 6.07) is 0. The van der Waals surface area contributed by atoms with Crippen LogP contribution in [0.3, 0.4) is 0 Å². The normalized spacial score (nSPS) is 49.4. The fourth-order valence-electron chi connectivity index (χ4n) is 13.0. The molecule has 0 aliphatic heterocycles. The van der Waals surface area contributed by atoms with Crippen molar-refractivity contribution in [3.05, 3.63) is 3.91 Å². The van der Waals surface area contributed by atoms with E-state index >= 15 is 16.8 Å². The van der Waals surface area contributed by atoms with E-state index < -0.39 is 59.5 Å². The van der Waals surface area contributed by atoms with Crippen LogP contribution in [0.4, 0.5) is 0 Å². The molecule has 0 aromatic heterocycles. The Morgan fingerprint density at radius 1 is 0.659 bits per heavy atom. The lowest BCUT2D eigenvalue weighted by Crippen LogP contribution is -2.62. The van der Waals surface area contributed by atoms with E-state index in [4.69, 9.17) is 0 Å². The number of rotatable bonds is 7. The van der Waals surface area contributed by atoms with Crippen LogP contribution in [0.1, 0.15) is 110 Å². The van der Waals surface area contributed by atoms with Gasteiger partial charge in [-0.05, 0) is 137 Å². The Bertz CT molecular complexity index is 1380. The number of fused-ring (bicyclic) bond motifs is 2. The first kappa shape index (κ1) is 28.0. The number of carbonyl (C=O) groups excluding carboxylic acids is 1. The Kier molecular flexibility index (Phi) is 5.61. The van der Waals surface area contributed by atoms with Crippen molar-refractivity contribution in [1.29, 1.82) is 0 Å². The number of carbonyl (C=O) groups is 1. The minimum absolute atomic E-state index is 0.0492. The van der Waals surface area contributed by atoms with Gasteiger partial charge >= 0.3 is 0 Å². The fourth-order valence-corrected chi connectivity index (χ4v) is 24.2. The molecule has 10 bridgehead atoms. The zero-order chi connectivity index (χ0) is 29.0. The molecule has 0 saturated heterocycles. The molecule has 0 amide bonds. The van der Waals surface area contributed by atoms with Crippen molar-refractivity contribution in [2.75, 3.05) is 5.75 Å². The zero-order valence-electron chi connectivity index (χ0n) is 24.4. The molecule has 10 heteroatoms. The topological polar surface area (TPSA) is 119 Å². The van der Waals surface area contributed by atoms with Crippen LogP contribution in [0.5, 0.6) is 0 Å². The first-order valence-electron chi connectivity index (χ1n) is 16.1. The summed E-state index contributed by atoms with van der Waals surface area (Å²) < 4.78 is 86.3. The maximum absolute atomic E-state index is 15.1. The SMILES string of the molecule is CC1(C)C2CCC1(CS(=O)(=O)[C-](S(=O)(=O)C13CC4CC(CC(C4)C1)C3)S(=O)(=O)C13CC4CC(CC(C4)C1)C3)C(=O)C2. The molecule has 0 N–H and O–H groups in total. The predicted molar refractivity (Wildman–Crippen MR) is 155 cm³/mol. The van der Waals surface area contributed by atoms with Gasteiger partial charge in [-0.3, -0.25) is 30.0 Å². The number of Topliss-reactive ketones (excluding diaryl/α,β-unsaturated/α-hetero) is 1. The van der Waals surface area contributed by atoms with Crippen molar-refractivity contribution in [3.8, 4) is 0 Å². The highest BCUT2D eigenvalue weighted by molar-refractivity contribution is 8.29. The molecule has 41 heavy (non-hydrogen) atoms. The van der Waals surface area contributed by atoms with Gasteiger partial charge in [-0.2, -0.15) is 0 Å². The first-order valence-corrected chi connectivity index (χ1v) is 20.8. The van der Waals surface area contributed by atoms with Gasteiger partial charge in [0.2, 0.25) is 0 Å². The first-order chi connectivity index (χ1) is 19.0. The molecule has 0 spiro atoms. The highest BCUT2D eigenvalue weighted by Crippen LogP contribution is 2.67. The Balaban J connectivity index is 1.28. The molecule has 7 nitrogen and oxygen atoms in total. The molecule has 230 valence electrons. The predicted octanol–water partition coefficient (Wildman–Crippen LogP) is 5.01. The highest BCUT2D eigenvalue weighted by atomic mass is 32.3. The van der Waals surface area contributed by atoms with Crippen LogP contribution in [0.15, 0.2) is 0 Å². The van der Waals surface area contributed by atoms with Gasteiger partial charge in [0.25, 0.3) is 0 Å². The van der Waals surface area contributed by atoms with Gasteiger partial charge in [0.15, 0.2) is 0 Å². The summed E-state index contributed by atoms with van der Waals surface area (Å²) in [7, 11) is -14.3. The number of hydrogen-bond acceptors (Lipinski definition) is 7. The van der Waals surface area contributed by atoms with Crippen LogP contribution in [0.25, 0.3) is 0 Å². The highest BCUT2D eigenvalue weighted by Gasteiger charge is 2.68. The van der Waals surface area contributed by atoms with Crippen LogP contribution in [-0.2, 0) is 34.3 Å². The molecule has 0 radical (unpaired) electrons. The van der Waals surface area contributed by atoms with Crippen molar-refractivity contribution >= 4 is 35.3 Å². The lowest BCUT2D eigenvalue weighted by Gasteiger charge is -2.61. The Hall–Kier alpha value is -0.480. The van der Waals surface area contributed by atoms with Crippen molar-refractivity contribution < 1.29 is 30.0 Å². The second-order valence-electron chi connectivity index (χ2n) is 16.9. The third-order valence-corrected chi connectivity index (χ3v) is 24.1. The minimum atomic E-state index is -4.84. The maximum atomic E-state index is 15.1. The smallest absolute Gasteiger partial charge is 0.140 e. The van der Waals surface area contributed by atoms with E-state index in [2.05, 4.69) is 0 Å². The Labute approximate surface area is 246 Å². The van der Waals surface area contributed by atoms with E-state index in [1.54, 1.807) is 0 Å². The number of sulfone groups is 3. The molecule has 10 saturated carbocycles. The van der Waals surface area contributed by atoms with Gasteiger partial charge in [0.1, 0.15) is 5.78 Å². The van der Waals surface area contributed by atoms with Crippen LogP contribution in [0.2, 0.25) is 0 Å². The molecule has 10 aliphatic carbocycles. The summed E-state index contributed by atoms with van der Waals surface area (Å²) in [5, 5.41) is 0. The minimum Gasteiger partial charge on any atom is -0.299 e. The van der Waals surface area contributed by atoms with Crippen molar-refractivity contribution in [2.24, 2.45) is 52.3 Å². The monoisotopic (exact) mass is 625 g/mol. The largest absolute Gasteiger partial charge is 0.299 e. The second kappa shape index (κ2) is 8.21. The standard InChI is InChI=1S/C31H45O7S3/c1-28(2)25-3-4-31(28,26(32)11-25)18-39(33,34)27(40(35,36)29-12-19-5-20(13-29)7-21(6-19)14-29)41(37,38)30-15-22-8-23(16-30)10-24(9-22)17-30/h19-25H,3-18H2,1-2H3/q-1. The van der Waals surface area contributed by atoms with E-state index in [0.717, 1.165) is 38.5 Å². The molecule has 10 rings (SSSR count). The van der Waals surface area contributed by atoms with E-state index in [0.29, 0.717) is 57.8 Å². The molecular formula is C31H45O7S3-. The Morgan fingerprint density at radius 3 is 1.32 bits per heavy atom. The van der Waals surface area contributed by atoms with Crippen molar-refractivity contribution in [3.63, 3.8) is 0 Å². The summed E-state index contributed by atoms with van der Waals surface area (Å²) in [5.74, 6) is 0.513. The van der Waals surface area contributed by atoms with E-state index in [9.17, 15) is 13.2 Å². The molecule has 0 heterocycles. The summed E-state index contributed by atoms with van der Waals surface area (Å²) in [6.45, 7) is 3.85. The van der Waals surface area contributed by atoms with Crippen LogP contribution in [0, 0.1) is 56.2 Å². The molecule has 2 unspecified atom stereocenters. The third-order valence-electron chi connectivity index (χ3n) is 14.4. The van der Waals surface area contributed by atoms with Gasteiger partial charge in [-0.25, -0.2) is 0 Å². The van der Waals surface area contributed by atoms with Crippen LogP contribution < -0.4 is 0 Å². The second-order valence-corrected chi connectivity index (χ2v) is 24.1. The molecule has 2 atom stereocenters. The summed E-state index contributed by atoms with van der Waals surface area (Å²) in [5.41, 5.74) is -1.84. The van der Waals surface area contributed by atoms with Gasteiger partial charge in [0, 0.05) is 31.0 Å². The maximum Gasteiger partial charge on any atom is 0.140 e. The number of ketones is 1. The summed E-state index contributed by atoms with van der Waals surface area (Å²) in [4.78, 5) is 13.4. The average Bonchev–Trinajstić information content (AvgIpc) is 3.16. The third kappa shape index (κ3) is 3.48. The average molecular weight is 626 g/mol. The van der Waals surface area contributed by atoms with E-state index in [-0.39, 0.29) is 47.2 Å². The summed E-state index contributed by atoms with van der Waals surface area (Å²) >= 11 is 0. The quantitative estimate of drug-likeness (QED) is 0.365.